The zero-order chi connectivity index (χ0) is 13.1. The van der Waals surface area contributed by atoms with Gasteiger partial charge in [-0.05, 0) is 61.1 Å². The molecule has 0 saturated heterocycles. The Morgan fingerprint density at radius 3 is 2.68 bits per heavy atom. The minimum atomic E-state index is 0.388. The van der Waals surface area contributed by atoms with E-state index in [1.54, 1.807) is 12.4 Å². The molecule has 0 spiro atoms. The quantitative estimate of drug-likeness (QED) is 0.910. The third kappa shape index (κ3) is 2.74. The number of ether oxygens (including phenoxy) is 1. The molecule has 1 aliphatic carbocycles. The number of rotatable bonds is 4. The molecule has 4 nitrogen and oxygen atoms in total. The van der Waals surface area contributed by atoms with Crippen molar-refractivity contribution in [1.82, 2.24) is 9.97 Å². The number of nitrogens with two attached hydrogens (primary N) is 1. The van der Waals surface area contributed by atoms with Gasteiger partial charge >= 0.3 is 6.01 Å². The van der Waals surface area contributed by atoms with Crippen molar-refractivity contribution in [3.63, 3.8) is 0 Å². The lowest BCUT2D eigenvalue weighted by atomic mass is 10.1. The summed E-state index contributed by atoms with van der Waals surface area (Å²) in [6.07, 6.45) is 7.88. The summed E-state index contributed by atoms with van der Waals surface area (Å²) in [5.74, 6) is 0.812. The van der Waals surface area contributed by atoms with Crippen LogP contribution < -0.4 is 10.5 Å². The Hall–Kier alpha value is -1.94. The number of hydrogen-bond donors (Lipinski definition) is 1. The first-order valence-electron chi connectivity index (χ1n) is 6.66. The van der Waals surface area contributed by atoms with Gasteiger partial charge in [0.05, 0.1) is 0 Å². The van der Waals surface area contributed by atoms with E-state index < -0.39 is 0 Å². The van der Waals surface area contributed by atoms with Crippen LogP contribution in [-0.4, -0.2) is 16.5 Å². The molecule has 98 valence electrons. The Morgan fingerprint density at radius 1 is 1.11 bits per heavy atom. The topological polar surface area (TPSA) is 61.0 Å². The van der Waals surface area contributed by atoms with E-state index in [-0.39, 0.29) is 0 Å². The highest BCUT2D eigenvalue weighted by Gasteiger charge is 2.11. The van der Waals surface area contributed by atoms with Crippen LogP contribution in [0.3, 0.4) is 0 Å². The van der Waals surface area contributed by atoms with Gasteiger partial charge in [0.15, 0.2) is 0 Å². The summed E-state index contributed by atoms with van der Waals surface area (Å²) in [6, 6.07) is 6.61. The average Bonchev–Trinajstić information content (AvgIpc) is 2.89. The van der Waals surface area contributed by atoms with Crippen LogP contribution in [0.4, 0.5) is 0 Å². The summed E-state index contributed by atoms with van der Waals surface area (Å²) in [5.41, 5.74) is 9.34. The molecule has 1 heterocycles. The van der Waals surface area contributed by atoms with Crippen molar-refractivity contribution in [2.75, 3.05) is 6.54 Å². The molecule has 2 aromatic rings. The predicted molar refractivity (Wildman–Crippen MR) is 73.3 cm³/mol. The lowest BCUT2D eigenvalue weighted by molar-refractivity contribution is 0.440. The van der Waals surface area contributed by atoms with E-state index in [4.69, 9.17) is 10.5 Å². The van der Waals surface area contributed by atoms with E-state index >= 15 is 0 Å². The molecule has 1 aromatic carbocycles. The molecule has 3 rings (SSSR count). The molecule has 1 aromatic heterocycles. The van der Waals surface area contributed by atoms with Crippen LogP contribution in [0, 0.1) is 0 Å². The molecule has 0 saturated carbocycles. The average molecular weight is 255 g/mol. The summed E-state index contributed by atoms with van der Waals surface area (Å²) in [7, 11) is 0. The molecule has 19 heavy (non-hydrogen) atoms. The highest BCUT2D eigenvalue weighted by Crippen LogP contribution is 2.27. The summed E-state index contributed by atoms with van der Waals surface area (Å²) >= 11 is 0. The monoisotopic (exact) mass is 255 g/mol. The van der Waals surface area contributed by atoms with E-state index in [0.29, 0.717) is 12.6 Å². The van der Waals surface area contributed by atoms with Gasteiger partial charge in [-0.25, -0.2) is 9.97 Å². The molecule has 1 aliphatic rings. The molecule has 0 amide bonds. The molecule has 0 bridgehead atoms. The molecule has 2 N–H and O–H groups in total. The van der Waals surface area contributed by atoms with E-state index in [1.807, 2.05) is 6.07 Å². The first kappa shape index (κ1) is 12.1. The Morgan fingerprint density at radius 2 is 1.89 bits per heavy atom. The van der Waals surface area contributed by atoms with Crippen molar-refractivity contribution in [1.29, 1.82) is 0 Å². The van der Waals surface area contributed by atoms with Gasteiger partial charge in [-0.2, -0.15) is 0 Å². The Kier molecular flexibility index (Phi) is 3.42. The van der Waals surface area contributed by atoms with Crippen LogP contribution in [0.5, 0.6) is 11.8 Å². The lowest BCUT2D eigenvalue weighted by Gasteiger charge is -2.06. The fraction of sp³-hybridized carbons (Fsp3) is 0.333. The number of hydrogen-bond acceptors (Lipinski definition) is 4. The fourth-order valence-corrected chi connectivity index (χ4v) is 2.41. The number of aryl methyl sites for hydroxylation is 2. The minimum absolute atomic E-state index is 0.388. The molecule has 4 heteroatoms. The minimum Gasteiger partial charge on any atom is -0.424 e. The van der Waals surface area contributed by atoms with Crippen LogP contribution in [0.2, 0.25) is 0 Å². The Labute approximate surface area is 112 Å². The second-order valence-electron chi connectivity index (χ2n) is 4.80. The third-order valence-corrected chi connectivity index (χ3v) is 3.39. The van der Waals surface area contributed by atoms with Crippen LogP contribution in [0.15, 0.2) is 30.6 Å². The highest BCUT2D eigenvalue weighted by atomic mass is 16.5. The van der Waals surface area contributed by atoms with Crippen LogP contribution >= 0.6 is 0 Å². The molecule has 0 radical (unpaired) electrons. The highest BCUT2D eigenvalue weighted by molar-refractivity contribution is 5.39. The Balaban J connectivity index is 1.74. The van der Waals surface area contributed by atoms with Crippen molar-refractivity contribution >= 4 is 0 Å². The first-order chi connectivity index (χ1) is 9.35. The Bertz CT molecular complexity index is 566. The van der Waals surface area contributed by atoms with Gasteiger partial charge in [0, 0.05) is 12.4 Å². The number of aromatic nitrogens is 2. The van der Waals surface area contributed by atoms with Gasteiger partial charge < -0.3 is 10.5 Å². The number of nitrogens with zero attached hydrogens (tertiary/aromatic N) is 2. The standard InChI is InChI=1S/C15H17N3O/c16-7-6-11-9-17-15(18-10-11)19-14-5-4-12-2-1-3-13(12)8-14/h4-5,8-10H,1-3,6-7,16H2. The maximum absolute atomic E-state index is 5.68. The number of fused-ring (bicyclic) bond motifs is 1. The van der Waals surface area contributed by atoms with E-state index in [0.717, 1.165) is 24.2 Å². The second-order valence-corrected chi connectivity index (χ2v) is 4.80. The largest absolute Gasteiger partial charge is 0.424 e. The maximum atomic E-state index is 5.68. The zero-order valence-corrected chi connectivity index (χ0v) is 10.8. The fourth-order valence-electron chi connectivity index (χ4n) is 2.41. The third-order valence-electron chi connectivity index (χ3n) is 3.39. The van der Waals surface area contributed by atoms with Crippen molar-refractivity contribution in [2.24, 2.45) is 5.73 Å². The van der Waals surface area contributed by atoms with Gasteiger partial charge in [-0.15, -0.1) is 0 Å². The maximum Gasteiger partial charge on any atom is 0.321 e. The summed E-state index contributed by atoms with van der Waals surface area (Å²) in [6.45, 7) is 0.606. The summed E-state index contributed by atoms with van der Waals surface area (Å²) < 4.78 is 5.68. The van der Waals surface area contributed by atoms with Gasteiger partial charge in [-0.3, -0.25) is 0 Å². The first-order valence-corrected chi connectivity index (χ1v) is 6.66. The lowest BCUT2D eigenvalue weighted by Crippen LogP contribution is -2.03. The van der Waals surface area contributed by atoms with Gasteiger partial charge in [-0.1, -0.05) is 6.07 Å². The molecule has 0 fully saturated rings. The predicted octanol–water partition coefficient (Wildman–Crippen LogP) is 2.26. The molecular formula is C15H17N3O. The number of benzene rings is 1. The van der Waals surface area contributed by atoms with E-state index in [2.05, 4.69) is 22.1 Å². The molecule has 0 aliphatic heterocycles. The normalized spacial score (nSPS) is 13.3. The van der Waals surface area contributed by atoms with Crippen molar-refractivity contribution in [3.05, 3.63) is 47.3 Å². The van der Waals surface area contributed by atoms with Gasteiger partial charge in [0.25, 0.3) is 0 Å². The van der Waals surface area contributed by atoms with Crippen molar-refractivity contribution in [2.45, 2.75) is 25.7 Å². The van der Waals surface area contributed by atoms with Crippen LogP contribution in [0.1, 0.15) is 23.1 Å². The van der Waals surface area contributed by atoms with Crippen molar-refractivity contribution < 1.29 is 4.74 Å². The van der Waals surface area contributed by atoms with Crippen molar-refractivity contribution in [3.8, 4) is 11.8 Å². The van der Waals surface area contributed by atoms with Crippen LogP contribution in [-0.2, 0) is 19.3 Å². The smallest absolute Gasteiger partial charge is 0.321 e. The second kappa shape index (κ2) is 5.36. The van der Waals surface area contributed by atoms with E-state index in [9.17, 15) is 0 Å². The summed E-state index contributed by atoms with van der Waals surface area (Å²) in [5, 5.41) is 0. The van der Waals surface area contributed by atoms with E-state index in [1.165, 1.54) is 24.0 Å². The molecule has 0 atom stereocenters. The van der Waals surface area contributed by atoms with Gasteiger partial charge in [0.1, 0.15) is 5.75 Å². The molecular weight excluding hydrogens is 238 g/mol. The van der Waals surface area contributed by atoms with Gasteiger partial charge in [0.2, 0.25) is 0 Å². The zero-order valence-electron chi connectivity index (χ0n) is 10.8. The summed E-state index contributed by atoms with van der Waals surface area (Å²) in [4.78, 5) is 8.39. The van der Waals surface area contributed by atoms with Crippen LogP contribution in [0.25, 0.3) is 0 Å². The SMILES string of the molecule is NCCc1cnc(Oc2ccc3c(c2)CCC3)nc1. The molecule has 0 unspecified atom stereocenters.